The second kappa shape index (κ2) is 8.84. The summed E-state index contributed by atoms with van der Waals surface area (Å²) in [5, 5.41) is 8.44. The van der Waals surface area contributed by atoms with Gasteiger partial charge in [-0.05, 0) is 20.8 Å². The minimum atomic E-state index is -1.30. The summed E-state index contributed by atoms with van der Waals surface area (Å²) in [6.07, 6.45) is -1.38. The van der Waals surface area contributed by atoms with Crippen molar-refractivity contribution in [2.45, 2.75) is 52.8 Å². The van der Waals surface area contributed by atoms with Gasteiger partial charge in [-0.3, -0.25) is 14.3 Å². The van der Waals surface area contributed by atoms with Crippen molar-refractivity contribution in [1.29, 1.82) is 0 Å². The Labute approximate surface area is 112 Å². The largest absolute Gasteiger partial charge is 0.481 e. The Morgan fingerprint density at radius 3 is 2.11 bits per heavy atom. The zero-order valence-electron chi connectivity index (χ0n) is 11.8. The SMILES string of the molecule is CCOC(C)(OCC)OC(C)OC(=O)CCC(=O)O. The molecular weight excluding hydrogens is 256 g/mol. The maximum absolute atomic E-state index is 11.3. The standard InChI is InChI=1S/C12H22O7/c1-5-16-12(4,17-6-2)19-9(3)18-11(15)8-7-10(13)14/h9H,5-8H2,1-4H3,(H,13,14). The van der Waals surface area contributed by atoms with E-state index in [9.17, 15) is 9.59 Å². The average Bonchev–Trinajstić information content (AvgIpc) is 2.26. The van der Waals surface area contributed by atoms with Gasteiger partial charge in [0.2, 0.25) is 6.29 Å². The van der Waals surface area contributed by atoms with Gasteiger partial charge in [0, 0.05) is 20.1 Å². The Morgan fingerprint density at radius 1 is 1.16 bits per heavy atom. The maximum atomic E-state index is 11.3. The summed E-state index contributed by atoms with van der Waals surface area (Å²) in [5.74, 6) is -3.00. The highest BCUT2D eigenvalue weighted by molar-refractivity contribution is 5.76. The number of rotatable bonds is 10. The number of hydrogen-bond acceptors (Lipinski definition) is 6. The number of esters is 1. The van der Waals surface area contributed by atoms with Gasteiger partial charge in [0.15, 0.2) is 0 Å². The van der Waals surface area contributed by atoms with Crippen molar-refractivity contribution >= 4 is 11.9 Å². The van der Waals surface area contributed by atoms with Crippen LogP contribution in [0.1, 0.15) is 40.5 Å². The van der Waals surface area contributed by atoms with Crippen molar-refractivity contribution in [2.24, 2.45) is 0 Å². The van der Waals surface area contributed by atoms with E-state index in [2.05, 4.69) is 0 Å². The van der Waals surface area contributed by atoms with Crippen LogP contribution in [0.5, 0.6) is 0 Å². The zero-order valence-corrected chi connectivity index (χ0v) is 11.8. The van der Waals surface area contributed by atoms with E-state index in [0.717, 1.165) is 0 Å². The maximum Gasteiger partial charge on any atom is 0.308 e. The number of carbonyl (C=O) groups is 2. The molecule has 1 atom stereocenters. The van der Waals surface area contributed by atoms with E-state index >= 15 is 0 Å². The Hall–Kier alpha value is -1.18. The quantitative estimate of drug-likeness (QED) is 0.478. The lowest BCUT2D eigenvalue weighted by atomic mass is 10.3. The van der Waals surface area contributed by atoms with Crippen LogP contribution in [0.2, 0.25) is 0 Å². The van der Waals surface area contributed by atoms with Crippen LogP contribution in [-0.4, -0.2) is 42.5 Å². The fourth-order valence-electron chi connectivity index (χ4n) is 1.41. The van der Waals surface area contributed by atoms with E-state index in [1.807, 2.05) is 0 Å². The molecule has 0 radical (unpaired) electrons. The lowest BCUT2D eigenvalue weighted by molar-refractivity contribution is -0.400. The molecule has 1 N–H and O–H groups in total. The molecule has 0 amide bonds. The highest BCUT2D eigenvalue weighted by Crippen LogP contribution is 2.17. The van der Waals surface area contributed by atoms with Crippen LogP contribution in [0.25, 0.3) is 0 Å². The molecular formula is C12H22O7. The first-order valence-corrected chi connectivity index (χ1v) is 6.20. The highest BCUT2D eigenvalue weighted by Gasteiger charge is 2.30. The normalized spacial score (nSPS) is 13.1. The second-order valence-electron chi connectivity index (χ2n) is 3.80. The Bertz CT molecular complexity index is 284. The predicted molar refractivity (Wildman–Crippen MR) is 65.2 cm³/mol. The number of carboxylic acids is 1. The van der Waals surface area contributed by atoms with Crippen LogP contribution >= 0.6 is 0 Å². The fraction of sp³-hybridized carbons (Fsp3) is 0.833. The summed E-state index contributed by atoms with van der Waals surface area (Å²) in [6.45, 7) is 7.39. The van der Waals surface area contributed by atoms with Crippen molar-refractivity contribution in [3.8, 4) is 0 Å². The minimum Gasteiger partial charge on any atom is -0.481 e. The molecule has 0 aliphatic carbocycles. The first kappa shape index (κ1) is 17.8. The van der Waals surface area contributed by atoms with Gasteiger partial charge in [-0.1, -0.05) is 0 Å². The Morgan fingerprint density at radius 2 is 1.68 bits per heavy atom. The number of hydrogen-bond donors (Lipinski definition) is 1. The second-order valence-corrected chi connectivity index (χ2v) is 3.80. The van der Waals surface area contributed by atoms with Crippen LogP contribution < -0.4 is 0 Å². The van der Waals surface area contributed by atoms with Crippen molar-refractivity contribution < 1.29 is 33.6 Å². The van der Waals surface area contributed by atoms with Crippen LogP contribution in [0, 0.1) is 0 Å². The van der Waals surface area contributed by atoms with Gasteiger partial charge in [-0.25, -0.2) is 0 Å². The number of carboxylic acid groups (broad SMARTS) is 1. The molecule has 0 saturated heterocycles. The minimum absolute atomic E-state index is 0.205. The van der Waals surface area contributed by atoms with Crippen molar-refractivity contribution in [3.63, 3.8) is 0 Å². The van der Waals surface area contributed by atoms with E-state index < -0.39 is 24.2 Å². The third kappa shape index (κ3) is 8.52. The summed E-state index contributed by atoms with van der Waals surface area (Å²) < 4.78 is 20.8. The Balaban J connectivity index is 4.21. The van der Waals surface area contributed by atoms with Crippen molar-refractivity contribution in [2.75, 3.05) is 13.2 Å². The molecule has 0 aromatic carbocycles. The predicted octanol–water partition coefficient (Wildman–Crippen LogP) is 1.50. The molecule has 19 heavy (non-hydrogen) atoms. The van der Waals surface area contributed by atoms with E-state index in [4.69, 9.17) is 24.1 Å². The van der Waals surface area contributed by atoms with Gasteiger partial charge in [0.25, 0.3) is 5.97 Å². The zero-order chi connectivity index (χ0) is 14.9. The van der Waals surface area contributed by atoms with Gasteiger partial charge in [0.05, 0.1) is 12.8 Å². The molecule has 112 valence electrons. The van der Waals surface area contributed by atoms with Gasteiger partial charge >= 0.3 is 11.9 Å². The third-order valence-electron chi connectivity index (χ3n) is 2.03. The molecule has 0 aromatic rings. The fourth-order valence-corrected chi connectivity index (χ4v) is 1.41. The van der Waals surface area contributed by atoms with Gasteiger partial charge in [-0.15, -0.1) is 0 Å². The van der Waals surface area contributed by atoms with E-state index in [1.165, 1.54) is 6.92 Å². The summed E-state index contributed by atoms with van der Waals surface area (Å²) in [6, 6.07) is 0. The third-order valence-corrected chi connectivity index (χ3v) is 2.03. The number of carbonyl (C=O) groups excluding carboxylic acids is 1. The molecule has 0 aliphatic rings. The topological polar surface area (TPSA) is 91.3 Å². The molecule has 1 unspecified atom stereocenters. The number of ether oxygens (including phenoxy) is 4. The molecule has 0 rings (SSSR count). The average molecular weight is 278 g/mol. The molecule has 0 spiro atoms. The van der Waals surface area contributed by atoms with Crippen LogP contribution in [0.15, 0.2) is 0 Å². The van der Waals surface area contributed by atoms with Crippen molar-refractivity contribution in [1.82, 2.24) is 0 Å². The Kier molecular flexibility index (Phi) is 8.29. The van der Waals surface area contributed by atoms with Gasteiger partial charge < -0.3 is 19.3 Å². The smallest absolute Gasteiger partial charge is 0.308 e. The molecule has 7 nitrogen and oxygen atoms in total. The summed E-state index contributed by atoms with van der Waals surface area (Å²) >= 11 is 0. The molecule has 7 heteroatoms. The number of aliphatic carboxylic acids is 1. The van der Waals surface area contributed by atoms with Crippen LogP contribution in [-0.2, 0) is 28.5 Å². The van der Waals surface area contributed by atoms with Crippen LogP contribution in [0.3, 0.4) is 0 Å². The van der Waals surface area contributed by atoms with Crippen molar-refractivity contribution in [3.05, 3.63) is 0 Å². The van der Waals surface area contributed by atoms with E-state index in [-0.39, 0.29) is 12.8 Å². The summed E-state index contributed by atoms with van der Waals surface area (Å²) in [5.41, 5.74) is 0. The lowest BCUT2D eigenvalue weighted by Crippen LogP contribution is -2.40. The summed E-state index contributed by atoms with van der Waals surface area (Å²) in [7, 11) is 0. The monoisotopic (exact) mass is 278 g/mol. The summed E-state index contributed by atoms with van der Waals surface area (Å²) in [4.78, 5) is 21.6. The molecule has 0 saturated carbocycles. The van der Waals surface area contributed by atoms with Crippen LogP contribution in [0.4, 0.5) is 0 Å². The first-order chi connectivity index (χ1) is 8.83. The first-order valence-electron chi connectivity index (χ1n) is 6.20. The lowest BCUT2D eigenvalue weighted by Gasteiger charge is -2.31. The van der Waals surface area contributed by atoms with E-state index in [1.54, 1.807) is 20.8 Å². The molecule has 0 fully saturated rings. The van der Waals surface area contributed by atoms with E-state index in [0.29, 0.717) is 13.2 Å². The molecule has 0 aromatic heterocycles. The van der Waals surface area contributed by atoms with Gasteiger partial charge in [0.1, 0.15) is 0 Å². The molecule has 0 aliphatic heterocycles. The van der Waals surface area contributed by atoms with Gasteiger partial charge in [-0.2, -0.15) is 0 Å². The molecule has 0 bridgehead atoms. The highest BCUT2D eigenvalue weighted by atomic mass is 16.9. The molecule has 0 heterocycles.